The van der Waals surface area contributed by atoms with Crippen LogP contribution in [0.5, 0.6) is 0 Å². The number of para-hydroxylation sites is 1. The molecule has 0 atom stereocenters. The highest BCUT2D eigenvalue weighted by Gasteiger charge is 2.24. The Labute approximate surface area is 178 Å². The summed E-state index contributed by atoms with van der Waals surface area (Å²) in [6.45, 7) is 4.70. The number of nitrogens with zero attached hydrogens (tertiary/aromatic N) is 2. The van der Waals surface area contributed by atoms with Gasteiger partial charge in [-0.15, -0.1) is 0 Å². The molecule has 0 saturated heterocycles. The summed E-state index contributed by atoms with van der Waals surface area (Å²) in [5.74, 6) is 0. The average molecular weight is 426 g/mol. The molecule has 1 aliphatic rings. The molecule has 4 rings (SSSR count). The van der Waals surface area contributed by atoms with Gasteiger partial charge < -0.3 is 10.1 Å². The van der Waals surface area contributed by atoms with E-state index in [-0.39, 0.29) is 6.09 Å². The number of carbonyl (C=O) groups is 2. The van der Waals surface area contributed by atoms with E-state index in [1.165, 1.54) is 11.3 Å². The zero-order valence-corrected chi connectivity index (χ0v) is 17.6. The number of ether oxygens (including phenoxy) is 1. The van der Waals surface area contributed by atoms with Gasteiger partial charge in [0.1, 0.15) is 0 Å². The Morgan fingerprint density at radius 2 is 2.13 bits per heavy atom. The smallest absolute Gasteiger partial charge is 0.414 e. The molecule has 0 bridgehead atoms. The third kappa shape index (κ3) is 4.16. The van der Waals surface area contributed by atoms with Crippen LogP contribution in [0.25, 0.3) is 10.2 Å². The van der Waals surface area contributed by atoms with E-state index in [4.69, 9.17) is 4.74 Å². The highest BCUT2D eigenvalue weighted by Crippen LogP contribution is 2.31. The van der Waals surface area contributed by atoms with Crippen molar-refractivity contribution >= 4 is 50.2 Å². The maximum absolute atomic E-state index is 12.3. The molecule has 30 heavy (non-hydrogen) atoms. The predicted molar refractivity (Wildman–Crippen MR) is 119 cm³/mol. The molecule has 3 aromatic rings. The van der Waals surface area contributed by atoms with E-state index in [9.17, 15) is 9.59 Å². The highest BCUT2D eigenvalue weighted by atomic mass is 32.1. The van der Waals surface area contributed by atoms with Crippen molar-refractivity contribution in [3.05, 3.63) is 47.5 Å². The van der Waals surface area contributed by atoms with Gasteiger partial charge in [0.05, 0.1) is 22.5 Å². The minimum atomic E-state index is -0.426. The molecule has 0 saturated carbocycles. The molecular weight excluding hydrogens is 402 g/mol. The fourth-order valence-corrected chi connectivity index (χ4v) is 4.35. The number of benzene rings is 2. The van der Waals surface area contributed by atoms with E-state index in [0.29, 0.717) is 24.0 Å². The Kier molecular flexibility index (Phi) is 5.71. The van der Waals surface area contributed by atoms with Crippen molar-refractivity contribution in [2.75, 3.05) is 28.8 Å². The number of hydrogen-bond donors (Lipinski definition) is 3. The zero-order valence-electron chi connectivity index (χ0n) is 16.8. The number of hydrazine groups is 1. The number of rotatable bonds is 4. The monoisotopic (exact) mass is 425 g/mol. The summed E-state index contributed by atoms with van der Waals surface area (Å²) in [6.07, 6.45) is 1.40. The van der Waals surface area contributed by atoms with Gasteiger partial charge in [-0.1, -0.05) is 29.5 Å². The third-order valence-electron chi connectivity index (χ3n) is 4.85. The third-order valence-corrected chi connectivity index (χ3v) is 5.79. The number of carbonyl (C=O) groups excluding carboxylic acids is 2. The maximum atomic E-state index is 12.3. The SMILES string of the molecule is CCOC(=O)N1CCCc2ccc(NC(=O)NNc3nc4c(C)cccc4s3)cc21. The second-order valence-electron chi connectivity index (χ2n) is 6.94. The Hall–Kier alpha value is -3.33. The molecule has 1 aliphatic heterocycles. The molecule has 3 amide bonds. The molecule has 0 unspecified atom stereocenters. The standard InChI is InChI=1S/C21H23N5O3S/c1-3-29-21(28)26-11-5-7-14-9-10-15(12-16(14)26)22-19(27)24-25-20-23-18-13(2)6-4-8-17(18)30-20/h4,6,8-10,12H,3,5,7,11H2,1-2H3,(H,23,25)(H2,22,24,27). The van der Waals surface area contributed by atoms with E-state index < -0.39 is 6.03 Å². The molecular formula is C21H23N5O3S. The molecule has 0 radical (unpaired) electrons. The van der Waals surface area contributed by atoms with Gasteiger partial charge in [0.2, 0.25) is 5.13 Å². The molecule has 0 aliphatic carbocycles. The second kappa shape index (κ2) is 8.58. The van der Waals surface area contributed by atoms with Gasteiger partial charge in [-0.05, 0) is 56.0 Å². The van der Waals surface area contributed by atoms with Crippen LogP contribution in [-0.2, 0) is 11.2 Å². The van der Waals surface area contributed by atoms with Crippen LogP contribution in [0.4, 0.5) is 26.1 Å². The van der Waals surface area contributed by atoms with Crippen LogP contribution in [0.3, 0.4) is 0 Å². The normalized spacial score (nSPS) is 12.9. The Balaban J connectivity index is 1.42. The van der Waals surface area contributed by atoms with Crippen LogP contribution in [0.15, 0.2) is 36.4 Å². The number of nitrogens with one attached hydrogen (secondary N) is 3. The minimum Gasteiger partial charge on any atom is -0.449 e. The molecule has 156 valence electrons. The number of hydrogen-bond acceptors (Lipinski definition) is 6. The van der Waals surface area contributed by atoms with E-state index in [1.807, 2.05) is 37.3 Å². The summed E-state index contributed by atoms with van der Waals surface area (Å²) in [6, 6.07) is 11.1. The van der Waals surface area contributed by atoms with Crippen LogP contribution in [0, 0.1) is 6.92 Å². The first-order valence-electron chi connectivity index (χ1n) is 9.81. The van der Waals surface area contributed by atoms with Gasteiger partial charge in [-0.3, -0.25) is 10.3 Å². The Morgan fingerprint density at radius 1 is 1.27 bits per heavy atom. The fraction of sp³-hybridized carbons (Fsp3) is 0.286. The largest absolute Gasteiger partial charge is 0.449 e. The number of aromatic nitrogens is 1. The lowest BCUT2D eigenvalue weighted by Gasteiger charge is -2.29. The first-order chi connectivity index (χ1) is 14.5. The zero-order chi connectivity index (χ0) is 21.1. The first-order valence-corrected chi connectivity index (χ1v) is 10.6. The molecule has 2 aromatic carbocycles. The highest BCUT2D eigenvalue weighted by molar-refractivity contribution is 7.22. The van der Waals surface area contributed by atoms with E-state index in [0.717, 1.165) is 39.9 Å². The number of urea groups is 1. The molecule has 8 nitrogen and oxygen atoms in total. The van der Waals surface area contributed by atoms with Crippen molar-refractivity contribution in [3.8, 4) is 0 Å². The molecule has 0 fully saturated rings. The first kappa shape index (κ1) is 20.0. The molecule has 0 spiro atoms. The van der Waals surface area contributed by atoms with Crippen LogP contribution in [0.2, 0.25) is 0 Å². The van der Waals surface area contributed by atoms with Crippen LogP contribution in [0.1, 0.15) is 24.5 Å². The van der Waals surface area contributed by atoms with Crippen molar-refractivity contribution in [2.45, 2.75) is 26.7 Å². The lowest BCUT2D eigenvalue weighted by molar-refractivity contribution is 0.159. The van der Waals surface area contributed by atoms with Crippen molar-refractivity contribution < 1.29 is 14.3 Å². The van der Waals surface area contributed by atoms with E-state index >= 15 is 0 Å². The van der Waals surface area contributed by atoms with Gasteiger partial charge in [0.25, 0.3) is 0 Å². The maximum Gasteiger partial charge on any atom is 0.414 e. The van der Waals surface area contributed by atoms with Gasteiger partial charge in [-0.25, -0.2) is 20.0 Å². The van der Waals surface area contributed by atoms with E-state index in [1.54, 1.807) is 17.9 Å². The van der Waals surface area contributed by atoms with Crippen LogP contribution in [-0.4, -0.2) is 30.3 Å². The summed E-state index contributed by atoms with van der Waals surface area (Å²) in [5.41, 5.74) is 9.87. The quantitative estimate of drug-likeness (QED) is 0.528. The van der Waals surface area contributed by atoms with Gasteiger partial charge in [0.15, 0.2) is 0 Å². The van der Waals surface area contributed by atoms with Gasteiger partial charge >= 0.3 is 12.1 Å². The topological polar surface area (TPSA) is 95.6 Å². The average Bonchev–Trinajstić information content (AvgIpc) is 3.16. The number of thiazole rings is 1. The summed E-state index contributed by atoms with van der Waals surface area (Å²) in [4.78, 5) is 30.7. The van der Waals surface area contributed by atoms with Crippen molar-refractivity contribution in [3.63, 3.8) is 0 Å². The molecule has 3 N–H and O–H groups in total. The number of aryl methyl sites for hydroxylation is 2. The lowest BCUT2D eigenvalue weighted by Crippen LogP contribution is -2.36. The van der Waals surface area contributed by atoms with Crippen molar-refractivity contribution in [1.82, 2.24) is 10.4 Å². The molecule has 2 heterocycles. The Bertz CT molecular complexity index is 1100. The number of anilines is 3. The van der Waals surface area contributed by atoms with Crippen molar-refractivity contribution in [2.24, 2.45) is 0 Å². The number of fused-ring (bicyclic) bond motifs is 2. The second-order valence-corrected chi connectivity index (χ2v) is 7.97. The fourth-order valence-electron chi connectivity index (χ4n) is 3.46. The predicted octanol–water partition coefficient (Wildman–Crippen LogP) is 4.66. The van der Waals surface area contributed by atoms with E-state index in [2.05, 4.69) is 21.2 Å². The summed E-state index contributed by atoms with van der Waals surface area (Å²) in [5, 5.41) is 3.39. The van der Waals surface area contributed by atoms with Crippen LogP contribution >= 0.6 is 11.3 Å². The summed E-state index contributed by atoms with van der Waals surface area (Å²) in [7, 11) is 0. The van der Waals surface area contributed by atoms with Gasteiger partial charge in [0, 0.05) is 12.2 Å². The lowest BCUT2D eigenvalue weighted by atomic mass is 10.0. The number of amides is 3. The van der Waals surface area contributed by atoms with Crippen molar-refractivity contribution in [1.29, 1.82) is 0 Å². The summed E-state index contributed by atoms with van der Waals surface area (Å²) < 4.78 is 6.20. The minimum absolute atomic E-state index is 0.321. The van der Waals surface area contributed by atoms with Crippen LogP contribution < -0.4 is 21.1 Å². The Morgan fingerprint density at radius 3 is 2.93 bits per heavy atom. The summed E-state index contributed by atoms with van der Waals surface area (Å²) >= 11 is 1.46. The van der Waals surface area contributed by atoms with Gasteiger partial charge in [-0.2, -0.15) is 0 Å². The molecule has 9 heteroatoms. The molecule has 1 aromatic heterocycles.